The molecule has 3 N–H and O–H groups in total. The number of halogens is 1. The number of hydrogen-bond acceptors (Lipinski definition) is 4. The molecular formula is C15H13ClN2O4. The molecule has 1 heterocycles. The predicted molar refractivity (Wildman–Crippen MR) is 80.9 cm³/mol. The topological polar surface area (TPSA) is 99.5 Å². The molecule has 1 aromatic heterocycles. The van der Waals surface area contributed by atoms with Crippen molar-refractivity contribution in [2.75, 3.05) is 6.54 Å². The van der Waals surface area contributed by atoms with Crippen LogP contribution in [-0.2, 0) is 4.79 Å². The number of aromatic hydroxyl groups is 1. The number of amides is 1. The second-order valence-corrected chi connectivity index (χ2v) is 4.94. The van der Waals surface area contributed by atoms with Gasteiger partial charge in [0.05, 0.1) is 6.42 Å². The van der Waals surface area contributed by atoms with Gasteiger partial charge in [0.25, 0.3) is 5.91 Å². The van der Waals surface area contributed by atoms with Crippen LogP contribution in [0.15, 0.2) is 36.5 Å². The molecule has 0 fully saturated rings. The van der Waals surface area contributed by atoms with Crippen molar-refractivity contribution in [3.05, 3.63) is 47.2 Å². The zero-order valence-corrected chi connectivity index (χ0v) is 12.2. The van der Waals surface area contributed by atoms with Gasteiger partial charge in [-0.3, -0.25) is 9.59 Å². The molecule has 114 valence electrons. The normalized spacial score (nSPS) is 10.2. The molecule has 1 aromatic carbocycles. The van der Waals surface area contributed by atoms with Crippen LogP contribution in [0, 0.1) is 0 Å². The summed E-state index contributed by atoms with van der Waals surface area (Å²) in [7, 11) is 0. The molecule has 6 nitrogen and oxygen atoms in total. The number of nitrogens with one attached hydrogen (secondary N) is 1. The van der Waals surface area contributed by atoms with Gasteiger partial charge in [-0.15, -0.1) is 0 Å². The molecule has 0 radical (unpaired) electrons. The van der Waals surface area contributed by atoms with Crippen molar-refractivity contribution in [3.8, 4) is 16.9 Å². The summed E-state index contributed by atoms with van der Waals surface area (Å²) in [6, 6.07) is 8.41. The summed E-state index contributed by atoms with van der Waals surface area (Å²) in [6.07, 6.45) is 1.24. The van der Waals surface area contributed by atoms with Gasteiger partial charge in [-0.1, -0.05) is 23.7 Å². The Bertz CT molecular complexity index is 718. The second kappa shape index (κ2) is 6.91. The zero-order chi connectivity index (χ0) is 16.1. The standard InChI is InChI=1S/C15H13ClN2O4/c16-11-3-1-2-9(6-11)10-7-12(19)14(18-8-10)15(22)17-5-4-13(20)21/h1-3,6-8,19H,4-5H2,(H,17,22)(H,20,21). The summed E-state index contributed by atoms with van der Waals surface area (Å²) in [5.41, 5.74) is 1.21. The molecule has 0 saturated heterocycles. The highest BCUT2D eigenvalue weighted by Gasteiger charge is 2.14. The van der Waals surface area contributed by atoms with E-state index < -0.39 is 11.9 Å². The van der Waals surface area contributed by atoms with E-state index in [1.54, 1.807) is 24.3 Å². The molecule has 0 unspecified atom stereocenters. The average Bonchev–Trinajstić information content (AvgIpc) is 2.46. The molecule has 7 heteroatoms. The first-order chi connectivity index (χ1) is 10.5. The molecular weight excluding hydrogens is 308 g/mol. The van der Waals surface area contributed by atoms with Crippen molar-refractivity contribution in [1.29, 1.82) is 0 Å². The minimum absolute atomic E-state index is 0.0364. The molecule has 0 aliphatic rings. The smallest absolute Gasteiger partial charge is 0.305 e. The van der Waals surface area contributed by atoms with E-state index in [4.69, 9.17) is 16.7 Å². The van der Waals surface area contributed by atoms with Gasteiger partial charge in [0, 0.05) is 23.3 Å². The Morgan fingerprint density at radius 3 is 2.64 bits per heavy atom. The minimum atomic E-state index is -1.02. The van der Waals surface area contributed by atoms with Crippen molar-refractivity contribution in [2.24, 2.45) is 0 Å². The van der Waals surface area contributed by atoms with E-state index in [9.17, 15) is 14.7 Å². The van der Waals surface area contributed by atoms with Gasteiger partial charge in [-0.25, -0.2) is 4.98 Å². The summed E-state index contributed by atoms with van der Waals surface area (Å²) in [5.74, 6) is -1.93. The van der Waals surface area contributed by atoms with Gasteiger partial charge in [0.2, 0.25) is 0 Å². The quantitative estimate of drug-likeness (QED) is 0.785. The van der Waals surface area contributed by atoms with Crippen LogP contribution in [-0.4, -0.2) is 33.6 Å². The lowest BCUT2D eigenvalue weighted by Gasteiger charge is -2.07. The first kappa shape index (κ1) is 15.8. The van der Waals surface area contributed by atoms with Gasteiger partial charge in [0.15, 0.2) is 5.69 Å². The van der Waals surface area contributed by atoms with Gasteiger partial charge >= 0.3 is 5.97 Å². The highest BCUT2D eigenvalue weighted by molar-refractivity contribution is 6.30. The first-order valence-electron chi connectivity index (χ1n) is 6.42. The number of nitrogens with zero attached hydrogens (tertiary/aromatic N) is 1. The number of carboxylic acids is 1. The lowest BCUT2D eigenvalue weighted by Crippen LogP contribution is -2.26. The Hall–Kier alpha value is -2.60. The van der Waals surface area contributed by atoms with Crippen LogP contribution < -0.4 is 5.32 Å². The number of rotatable bonds is 5. The molecule has 0 saturated carbocycles. The lowest BCUT2D eigenvalue weighted by molar-refractivity contribution is -0.136. The van der Waals surface area contributed by atoms with E-state index >= 15 is 0 Å². The monoisotopic (exact) mass is 320 g/mol. The Morgan fingerprint density at radius 1 is 1.23 bits per heavy atom. The third kappa shape index (κ3) is 3.95. The third-order valence-corrected chi connectivity index (χ3v) is 3.10. The zero-order valence-electron chi connectivity index (χ0n) is 11.4. The number of carboxylic acid groups (broad SMARTS) is 1. The second-order valence-electron chi connectivity index (χ2n) is 4.50. The van der Waals surface area contributed by atoms with Crippen molar-refractivity contribution in [2.45, 2.75) is 6.42 Å². The van der Waals surface area contributed by atoms with Crippen molar-refractivity contribution in [1.82, 2.24) is 10.3 Å². The summed E-state index contributed by atoms with van der Waals surface area (Å²) < 4.78 is 0. The fraction of sp³-hybridized carbons (Fsp3) is 0.133. The summed E-state index contributed by atoms with van der Waals surface area (Å²) in [6.45, 7) is -0.0364. The Labute approximate surface area is 131 Å². The maximum atomic E-state index is 11.8. The van der Waals surface area contributed by atoms with Gasteiger partial charge in [-0.2, -0.15) is 0 Å². The van der Waals surface area contributed by atoms with Gasteiger partial charge in [0.1, 0.15) is 5.75 Å². The van der Waals surface area contributed by atoms with Crippen LogP contribution in [0.2, 0.25) is 5.02 Å². The largest absolute Gasteiger partial charge is 0.505 e. The van der Waals surface area contributed by atoms with E-state index in [0.717, 1.165) is 5.56 Å². The molecule has 2 rings (SSSR count). The van der Waals surface area contributed by atoms with Gasteiger partial charge in [-0.05, 0) is 23.8 Å². The van der Waals surface area contributed by atoms with E-state index in [1.807, 2.05) is 0 Å². The fourth-order valence-corrected chi connectivity index (χ4v) is 2.01. The summed E-state index contributed by atoms with van der Waals surface area (Å²) >= 11 is 5.90. The molecule has 0 atom stereocenters. The molecule has 0 aliphatic heterocycles. The summed E-state index contributed by atoms with van der Waals surface area (Å²) in [5, 5.41) is 21.4. The number of aliphatic carboxylic acids is 1. The van der Waals surface area contributed by atoms with E-state index in [2.05, 4.69) is 10.3 Å². The predicted octanol–water partition coefficient (Wildman–Crippen LogP) is 2.31. The first-order valence-corrected chi connectivity index (χ1v) is 6.80. The Kier molecular flexibility index (Phi) is 4.95. The SMILES string of the molecule is O=C(O)CCNC(=O)c1ncc(-c2cccc(Cl)c2)cc1O. The molecule has 1 amide bonds. The molecule has 0 spiro atoms. The number of hydrogen-bond donors (Lipinski definition) is 3. The molecule has 0 aliphatic carbocycles. The van der Waals surface area contributed by atoms with E-state index in [1.165, 1.54) is 12.3 Å². The van der Waals surface area contributed by atoms with Crippen molar-refractivity contribution < 1.29 is 19.8 Å². The average molecular weight is 321 g/mol. The number of benzene rings is 1. The van der Waals surface area contributed by atoms with E-state index in [0.29, 0.717) is 10.6 Å². The van der Waals surface area contributed by atoms with Crippen LogP contribution in [0.4, 0.5) is 0 Å². The van der Waals surface area contributed by atoms with Crippen LogP contribution in [0.3, 0.4) is 0 Å². The van der Waals surface area contributed by atoms with Crippen LogP contribution in [0.1, 0.15) is 16.9 Å². The highest BCUT2D eigenvalue weighted by atomic mass is 35.5. The fourth-order valence-electron chi connectivity index (χ4n) is 1.82. The highest BCUT2D eigenvalue weighted by Crippen LogP contribution is 2.26. The molecule has 22 heavy (non-hydrogen) atoms. The Balaban J connectivity index is 2.16. The number of carbonyl (C=O) groups excluding carboxylic acids is 1. The van der Waals surface area contributed by atoms with E-state index in [-0.39, 0.29) is 24.4 Å². The Morgan fingerprint density at radius 2 is 2.00 bits per heavy atom. The number of carbonyl (C=O) groups is 2. The third-order valence-electron chi connectivity index (χ3n) is 2.87. The maximum absolute atomic E-state index is 11.8. The van der Waals surface area contributed by atoms with Gasteiger partial charge < -0.3 is 15.5 Å². The van der Waals surface area contributed by atoms with Crippen LogP contribution in [0.25, 0.3) is 11.1 Å². The van der Waals surface area contributed by atoms with Crippen molar-refractivity contribution in [3.63, 3.8) is 0 Å². The summed E-state index contributed by atoms with van der Waals surface area (Å²) in [4.78, 5) is 26.1. The lowest BCUT2D eigenvalue weighted by atomic mass is 10.1. The maximum Gasteiger partial charge on any atom is 0.305 e. The van der Waals surface area contributed by atoms with Crippen LogP contribution in [0.5, 0.6) is 5.75 Å². The van der Waals surface area contributed by atoms with Crippen molar-refractivity contribution >= 4 is 23.5 Å². The van der Waals surface area contributed by atoms with Crippen LogP contribution >= 0.6 is 11.6 Å². The number of aromatic nitrogens is 1. The molecule has 0 bridgehead atoms. The molecule has 2 aromatic rings. The number of pyridine rings is 1. The minimum Gasteiger partial charge on any atom is -0.505 e.